The van der Waals surface area contributed by atoms with Gasteiger partial charge in [-0.1, -0.05) is 30.3 Å². The third-order valence-corrected chi connectivity index (χ3v) is 3.73. The van der Waals surface area contributed by atoms with Crippen LogP contribution in [0.15, 0.2) is 48.5 Å². The van der Waals surface area contributed by atoms with Crippen LogP contribution >= 0.6 is 0 Å². The number of nitrogens with one attached hydrogen (secondary N) is 1. The van der Waals surface area contributed by atoms with Gasteiger partial charge in [0.1, 0.15) is 0 Å². The molecule has 0 aliphatic heterocycles. The summed E-state index contributed by atoms with van der Waals surface area (Å²) in [6.45, 7) is 0. The first-order valence-electron chi connectivity index (χ1n) is 6.90. The predicted octanol–water partition coefficient (Wildman–Crippen LogP) is 4.30. The molecule has 1 N–H and O–H groups in total. The van der Waals surface area contributed by atoms with Crippen LogP contribution in [0, 0.1) is 21.8 Å². The minimum Gasteiger partial charge on any atom is -0.376 e. The van der Waals surface area contributed by atoms with Gasteiger partial charge in [0.2, 0.25) is 0 Å². The van der Waals surface area contributed by atoms with Gasteiger partial charge in [0, 0.05) is 6.07 Å². The topological polar surface area (TPSA) is 55.2 Å². The van der Waals surface area contributed by atoms with E-state index in [9.17, 15) is 14.5 Å². The van der Waals surface area contributed by atoms with Crippen molar-refractivity contribution < 1.29 is 9.31 Å². The zero-order valence-corrected chi connectivity index (χ0v) is 11.3. The van der Waals surface area contributed by atoms with Crippen molar-refractivity contribution in [3.8, 4) is 0 Å². The second kappa shape index (κ2) is 5.52. The van der Waals surface area contributed by atoms with Crippen LogP contribution in [0.5, 0.6) is 0 Å². The SMILES string of the molecule is O=[N+]([O-])c1ccc(N[C@H](c2ccccc2)C2CC2)c(F)c1. The first-order chi connectivity index (χ1) is 10.1. The molecule has 1 fully saturated rings. The van der Waals surface area contributed by atoms with Crippen LogP contribution in [0.25, 0.3) is 0 Å². The zero-order valence-electron chi connectivity index (χ0n) is 11.3. The lowest BCUT2D eigenvalue weighted by Crippen LogP contribution is -2.13. The quantitative estimate of drug-likeness (QED) is 0.658. The van der Waals surface area contributed by atoms with Gasteiger partial charge in [0.05, 0.1) is 22.7 Å². The maximum absolute atomic E-state index is 14.0. The molecule has 1 atom stereocenters. The van der Waals surface area contributed by atoms with E-state index < -0.39 is 10.7 Å². The van der Waals surface area contributed by atoms with Crippen molar-refractivity contribution in [2.24, 2.45) is 5.92 Å². The van der Waals surface area contributed by atoms with Crippen molar-refractivity contribution in [1.29, 1.82) is 0 Å². The highest BCUT2D eigenvalue weighted by atomic mass is 19.1. The number of nitro benzene ring substituents is 1. The van der Waals surface area contributed by atoms with Crippen LogP contribution in [0.4, 0.5) is 15.8 Å². The third-order valence-electron chi connectivity index (χ3n) is 3.73. The summed E-state index contributed by atoms with van der Waals surface area (Å²) in [5.74, 6) is -0.104. The lowest BCUT2D eigenvalue weighted by Gasteiger charge is -2.20. The van der Waals surface area contributed by atoms with E-state index in [1.54, 1.807) is 0 Å². The number of halogens is 1. The van der Waals surface area contributed by atoms with Crippen LogP contribution in [0.2, 0.25) is 0 Å². The number of nitrogens with zero attached hydrogens (tertiary/aromatic N) is 1. The molecule has 1 aliphatic carbocycles. The number of non-ortho nitro benzene ring substituents is 1. The molecule has 2 aromatic carbocycles. The number of anilines is 1. The second-order valence-corrected chi connectivity index (χ2v) is 5.29. The van der Waals surface area contributed by atoms with Crippen molar-refractivity contribution in [1.82, 2.24) is 0 Å². The Morgan fingerprint density at radius 3 is 2.48 bits per heavy atom. The molecule has 0 spiro atoms. The molecule has 1 aliphatic rings. The van der Waals surface area contributed by atoms with E-state index in [4.69, 9.17) is 0 Å². The van der Waals surface area contributed by atoms with Gasteiger partial charge in [0.15, 0.2) is 5.82 Å². The number of nitro groups is 1. The number of rotatable bonds is 5. The summed E-state index contributed by atoms with van der Waals surface area (Å²) in [7, 11) is 0. The Hall–Kier alpha value is -2.43. The van der Waals surface area contributed by atoms with Crippen molar-refractivity contribution in [3.63, 3.8) is 0 Å². The van der Waals surface area contributed by atoms with Crippen LogP contribution < -0.4 is 5.32 Å². The van der Waals surface area contributed by atoms with Gasteiger partial charge < -0.3 is 5.32 Å². The summed E-state index contributed by atoms with van der Waals surface area (Å²) in [6, 6.07) is 13.6. The predicted molar refractivity (Wildman–Crippen MR) is 78.6 cm³/mol. The highest BCUT2D eigenvalue weighted by Gasteiger charge is 2.32. The summed E-state index contributed by atoms with van der Waals surface area (Å²) >= 11 is 0. The monoisotopic (exact) mass is 286 g/mol. The minimum absolute atomic E-state index is 0.0437. The van der Waals surface area contributed by atoms with Gasteiger partial charge in [-0.15, -0.1) is 0 Å². The summed E-state index contributed by atoms with van der Waals surface area (Å²) in [5, 5.41) is 13.8. The average molecular weight is 286 g/mol. The van der Waals surface area contributed by atoms with Crippen molar-refractivity contribution in [2.75, 3.05) is 5.32 Å². The van der Waals surface area contributed by atoms with E-state index in [2.05, 4.69) is 5.32 Å². The number of hydrogen-bond acceptors (Lipinski definition) is 3. The molecule has 4 nitrogen and oxygen atoms in total. The maximum Gasteiger partial charge on any atom is 0.272 e. The maximum atomic E-state index is 14.0. The molecule has 2 aromatic rings. The Kier molecular flexibility index (Phi) is 3.56. The lowest BCUT2D eigenvalue weighted by molar-refractivity contribution is -0.385. The molecule has 108 valence electrons. The molecular formula is C16H15FN2O2. The molecule has 5 heteroatoms. The fraction of sp³-hybridized carbons (Fsp3) is 0.250. The molecule has 0 radical (unpaired) electrons. The van der Waals surface area contributed by atoms with Gasteiger partial charge >= 0.3 is 0 Å². The Morgan fingerprint density at radius 2 is 1.90 bits per heavy atom. The second-order valence-electron chi connectivity index (χ2n) is 5.29. The summed E-state index contributed by atoms with van der Waals surface area (Å²) in [4.78, 5) is 10.1. The molecule has 1 saturated carbocycles. The van der Waals surface area contributed by atoms with E-state index >= 15 is 0 Å². The van der Waals surface area contributed by atoms with E-state index in [-0.39, 0.29) is 11.7 Å². The van der Waals surface area contributed by atoms with Crippen molar-refractivity contribution >= 4 is 11.4 Å². The molecule has 21 heavy (non-hydrogen) atoms. The van der Waals surface area contributed by atoms with Gasteiger partial charge in [-0.3, -0.25) is 10.1 Å². The van der Waals surface area contributed by atoms with Crippen LogP contribution in [0.1, 0.15) is 24.4 Å². The molecular weight excluding hydrogens is 271 g/mol. The van der Waals surface area contributed by atoms with Gasteiger partial charge in [-0.25, -0.2) is 4.39 Å². The summed E-state index contributed by atoms with van der Waals surface area (Å²) < 4.78 is 14.0. The Balaban J connectivity index is 1.85. The Morgan fingerprint density at radius 1 is 1.19 bits per heavy atom. The van der Waals surface area contributed by atoms with Crippen molar-refractivity contribution in [3.05, 3.63) is 70.0 Å². The fourth-order valence-electron chi connectivity index (χ4n) is 2.47. The summed E-state index contributed by atoms with van der Waals surface area (Å²) in [6.07, 6.45) is 2.22. The minimum atomic E-state index is -0.595. The molecule has 0 bridgehead atoms. The summed E-state index contributed by atoms with van der Waals surface area (Å²) in [5.41, 5.74) is 1.18. The molecule has 3 rings (SSSR count). The fourth-order valence-corrected chi connectivity index (χ4v) is 2.47. The highest BCUT2D eigenvalue weighted by Crippen LogP contribution is 2.43. The third kappa shape index (κ3) is 3.02. The van der Waals surface area contributed by atoms with Crippen LogP contribution in [-0.2, 0) is 0 Å². The van der Waals surface area contributed by atoms with Crippen LogP contribution in [0.3, 0.4) is 0 Å². The largest absolute Gasteiger partial charge is 0.376 e. The van der Waals surface area contributed by atoms with Gasteiger partial charge in [-0.05, 0) is 30.4 Å². The molecule has 0 unspecified atom stereocenters. The van der Waals surface area contributed by atoms with Crippen molar-refractivity contribution in [2.45, 2.75) is 18.9 Å². The average Bonchev–Trinajstić information content (AvgIpc) is 3.31. The lowest BCUT2D eigenvalue weighted by atomic mass is 10.0. The van der Waals surface area contributed by atoms with Gasteiger partial charge in [0.25, 0.3) is 5.69 Å². The first-order valence-corrected chi connectivity index (χ1v) is 6.90. The standard InChI is InChI=1S/C16H15FN2O2/c17-14-10-13(19(20)21)8-9-15(14)18-16(12-6-7-12)11-4-2-1-3-5-11/h1-5,8-10,12,16,18H,6-7H2/t16-/m1/s1. The highest BCUT2D eigenvalue weighted by molar-refractivity contribution is 5.52. The first kappa shape index (κ1) is 13.5. The van der Waals surface area contributed by atoms with E-state index in [1.165, 1.54) is 12.1 Å². The van der Waals surface area contributed by atoms with Crippen LogP contribution in [-0.4, -0.2) is 4.92 Å². The zero-order chi connectivity index (χ0) is 14.8. The normalized spacial score (nSPS) is 15.5. The number of benzene rings is 2. The Bertz CT molecular complexity index is 657. The molecule has 0 heterocycles. The molecule has 0 amide bonds. The smallest absolute Gasteiger partial charge is 0.272 e. The van der Waals surface area contributed by atoms with E-state index in [1.807, 2.05) is 30.3 Å². The molecule has 0 aromatic heterocycles. The van der Waals surface area contributed by atoms with E-state index in [0.29, 0.717) is 11.6 Å². The van der Waals surface area contributed by atoms with E-state index in [0.717, 1.165) is 24.5 Å². The molecule has 0 saturated heterocycles. The van der Waals surface area contributed by atoms with Gasteiger partial charge in [-0.2, -0.15) is 0 Å². The number of hydrogen-bond donors (Lipinski definition) is 1. The Labute approximate surface area is 121 Å².